The van der Waals surface area contributed by atoms with Gasteiger partial charge in [-0.25, -0.2) is 9.97 Å². The molecule has 19 heavy (non-hydrogen) atoms. The number of nitrogens with zero attached hydrogens (tertiary/aromatic N) is 3. The molecule has 1 fully saturated rings. The quantitative estimate of drug-likeness (QED) is 0.815. The Morgan fingerprint density at radius 2 is 1.95 bits per heavy atom. The van der Waals surface area contributed by atoms with Crippen LogP contribution in [0.5, 0.6) is 0 Å². The van der Waals surface area contributed by atoms with Crippen molar-refractivity contribution in [2.75, 3.05) is 19.8 Å². The summed E-state index contributed by atoms with van der Waals surface area (Å²) in [5, 5.41) is 2.28. The van der Waals surface area contributed by atoms with E-state index in [4.69, 9.17) is 0 Å². The van der Waals surface area contributed by atoms with E-state index in [9.17, 15) is 4.79 Å². The fourth-order valence-electron chi connectivity index (χ4n) is 2.22. The Morgan fingerprint density at radius 1 is 1.37 bits per heavy atom. The van der Waals surface area contributed by atoms with Crippen LogP contribution >= 0.6 is 12.6 Å². The Bertz CT molecular complexity index is 440. The summed E-state index contributed by atoms with van der Waals surface area (Å²) < 4.78 is 0. The van der Waals surface area contributed by atoms with Crippen LogP contribution in [-0.2, 0) is 4.79 Å². The van der Waals surface area contributed by atoms with E-state index >= 15 is 0 Å². The van der Waals surface area contributed by atoms with E-state index in [-0.39, 0.29) is 5.91 Å². The molecular weight excluding hydrogens is 260 g/mol. The molecule has 0 spiro atoms. The fourth-order valence-corrected chi connectivity index (χ4v) is 2.43. The number of amides is 1. The third kappa shape index (κ3) is 3.91. The molecule has 0 saturated carbocycles. The van der Waals surface area contributed by atoms with Gasteiger partial charge in [0.2, 0.25) is 5.91 Å². The topological polar surface area (TPSA) is 58.1 Å². The summed E-state index contributed by atoms with van der Waals surface area (Å²) in [7, 11) is 0. The number of aryl methyl sites for hydroxylation is 2. The lowest BCUT2D eigenvalue weighted by atomic mass is 10.3. The first-order valence-electron chi connectivity index (χ1n) is 6.56. The van der Waals surface area contributed by atoms with Crippen molar-refractivity contribution in [2.24, 2.45) is 0 Å². The van der Waals surface area contributed by atoms with Gasteiger partial charge in [0.05, 0.1) is 6.67 Å². The molecule has 1 saturated heterocycles. The number of carbonyl (C=O) groups is 1. The minimum Gasteiger partial charge on any atom is -0.342 e. The van der Waals surface area contributed by atoms with E-state index in [1.807, 2.05) is 19.9 Å². The highest BCUT2D eigenvalue weighted by atomic mass is 32.1. The highest BCUT2D eigenvalue weighted by Gasteiger charge is 2.21. The van der Waals surface area contributed by atoms with Crippen molar-refractivity contribution < 1.29 is 4.79 Å². The maximum atomic E-state index is 12.0. The van der Waals surface area contributed by atoms with Crippen LogP contribution in [0.15, 0.2) is 6.07 Å². The average molecular weight is 280 g/mol. The van der Waals surface area contributed by atoms with Gasteiger partial charge in [-0.15, -0.1) is 0 Å². The normalized spacial score (nSPS) is 17.4. The van der Waals surface area contributed by atoms with Crippen molar-refractivity contribution in [3.63, 3.8) is 0 Å². The zero-order valence-electron chi connectivity index (χ0n) is 11.4. The van der Waals surface area contributed by atoms with E-state index in [1.165, 1.54) is 12.8 Å². The summed E-state index contributed by atoms with van der Waals surface area (Å²) in [4.78, 5) is 22.8. The number of carbonyl (C=O) groups excluding carboxylic acids is 1. The molecule has 0 aromatic carbocycles. The predicted molar refractivity (Wildman–Crippen MR) is 77.0 cm³/mol. The monoisotopic (exact) mass is 280 g/mol. The van der Waals surface area contributed by atoms with Gasteiger partial charge in [0.25, 0.3) is 0 Å². The number of hydrogen-bond acceptors (Lipinski definition) is 5. The van der Waals surface area contributed by atoms with Crippen molar-refractivity contribution in [2.45, 2.75) is 31.9 Å². The Hall–Kier alpha value is -1.14. The van der Waals surface area contributed by atoms with Crippen LogP contribution in [-0.4, -0.2) is 40.5 Å². The zero-order valence-corrected chi connectivity index (χ0v) is 12.3. The highest BCUT2D eigenvalue weighted by Crippen LogP contribution is 2.17. The van der Waals surface area contributed by atoms with Crippen molar-refractivity contribution in [3.05, 3.63) is 23.3 Å². The number of thiol groups is 1. The Kier molecular flexibility index (Phi) is 4.76. The van der Waals surface area contributed by atoms with Gasteiger partial charge in [-0.1, -0.05) is 0 Å². The molecule has 1 atom stereocenters. The Morgan fingerprint density at radius 3 is 2.53 bits per heavy atom. The van der Waals surface area contributed by atoms with Crippen molar-refractivity contribution in [1.29, 1.82) is 0 Å². The number of aromatic nitrogens is 2. The number of rotatable bonds is 4. The third-order valence-corrected chi connectivity index (χ3v) is 3.63. The minimum atomic E-state index is -0.610. The molecule has 1 aromatic heterocycles. The summed E-state index contributed by atoms with van der Waals surface area (Å²) in [5.41, 5.74) is 1.71. The Labute approximate surface area is 119 Å². The van der Waals surface area contributed by atoms with Crippen molar-refractivity contribution >= 4 is 18.5 Å². The lowest BCUT2D eigenvalue weighted by Crippen LogP contribution is -2.37. The molecular formula is C13H20N4OS. The van der Waals surface area contributed by atoms with Gasteiger partial charge >= 0.3 is 0 Å². The van der Waals surface area contributed by atoms with Crippen LogP contribution in [0.2, 0.25) is 0 Å². The van der Waals surface area contributed by atoms with E-state index in [0.717, 1.165) is 24.5 Å². The van der Waals surface area contributed by atoms with Gasteiger partial charge < -0.3 is 5.32 Å². The summed E-state index contributed by atoms with van der Waals surface area (Å²) in [6, 6.07) is 1.88. The van der Waals surface area contributed by atoms with E-state index in [0.29, 0.717) is 12.5 Å². The van der Waals surface area contributed by atoms with Gasteiger partial charge in [-0.2, -0.15) is 12.6 Å². The second kappa shape index (κ2) is 6.34. The SMILES string of the molecule is Cc1cc(C)nc(C(S)C(=O)NCN2CCCC2)n1. The largest absolute Gasteiger partial charge is 0.342 e. The molecule has 1 amide bonds. The molecule has 1 aliphatic heterocycles. The second-order valence-electron chi connectivity index (χ2n) is 4.94. The molecule has 0 radical (unpaired) electrons. The van der Waals surface area contributed by atoms with Crippen LogP contribution < -0.4 is 5.32 Å². The van der Waals surface area contributed by atoms with Gasteiger partial charge in [0.15, 0.2) is 5.82 Å². The van der Waals surface area contributed by atoms with Crippen LogP contribution in [0.1, 0.15) is 35.3 Å². The van der Waals surface area contributed by atoms with Crippen LogP contribution in [0, 0.1) is 13.8 Å². The lowest BCUT2D eigenvalue weighted by molar-refractivity contribution is -0.121. The molecule has 0 bridgehead atoms. The van der Waals surface area contributed by atoms with E-state index < -0.39 is 5.25 Å². The molecule has 1 unspecified atom stereocenters. The first-order valence-corrected chi connectivity index (χ1v) is 7.08. The molecule has 5 nitrogen and oxygen atoms in total. The summed E-state index contributed by atoms with van der Waals surface area (Å²) in [6.45, 7) is 6.47. The lowest BCUT2D eigenvalue weighted by Gasteiger charge is -2.17. The van der Waals surface area contributed by atoms with E-state index in [1.54, 1.807) is 0 Å². The summed E-state index contributed by atoms with van der Waals surface area (Å²) in [5.74, 6) is 0.333. The molecule has 1 aliphatic rings. The molecule has 1 N–H and O–H groups in total. The molecule has 1 aromatic rings. The standard InChI is InChI=1S/C13H20N4OS/c1-9-7-10(2)16-12(15-9)11(19)13(18)14-8-17-5-3-4-6-17/h7,11,19H,3-6,8H2,1-2H3,(H,14,18). The van der Waals surface area contributed by atoms with Crippen molar-refractivity contribution in [3.8, 4) is 0 Å². The molecule has 6 heteroatoms. The predicted octanol–water partition coefficient (Wildman–Crippen LogP) is 1.23. The average Bonchev–Trinajstić information content (AvgIpc) is 2.87. The van der Waals surface area contributed by atoms with Crippen LogP contribution in [0.25, 0.3) is 0 Å². The highest BCUT2D eigenvalue weighted by molar-refractivity contribution is 7.81. The number of hydrogen-bond donors (Lipinski definition) is 2. The van der Waals surface area contributed by atoms with Gasteiger partial charge in [-0.05, 0) is 45.8 Å². The minimum absolute atomic E-state index is 0.139. The molecule has 104 valence electrons. The molecule has 2 rings (SSSR count). The van der Waals surface area contributed by atoms with Gasteiger partial charge in [0.1, 0.15) is 5.25 Å². The zero-order chi connectivity index (χ0) is 13.8. The second-order valence-corrected chi connectivity index (χ2v) is 5.45. The first-order chi connectivity index (χ1) is 9.06. The van der Waals surface area contributed by atoms with Crippen LogP contribution in [0.3, 0.4) is 0 Å². The maximum Gasteiger partial charge on any atom is 0.241 e. The first kappa shape index (κ1) is 14.3. The van der Waals surface area contributed by atoms with Crippen LogP contribution in [0.4, 0.5) is 0 Å². The summed E-state index contributed by atoms with van der Waals surface area (Å²) in [6.07, 6.45) is 2.42. The van der Waals surface area contributed by atoms with Gasteiger partial charge in [-0.3, -0.25) is 9.69 Å². The smallest absolute Gasteiger partial charge is 0.241 e. The third-order valence-electron chi connectivity index (χ3n) is 3.17. The number of nitrogens with one attached hydrogen (secondary N) is 1. The summed E-state index contributed by atoms with van der Waals surface area (Å²) >= 11 is 4.33. The van der Waals surface area contributed by atoms with E-state index in [2.05, 4.69) is 32.8 Å². The fraction of sp³-hybridized carbons (Fsp3) is 0.615. The number of likely N-dealkylation sites (tertiary alicyclic amines) is 1. The van der Waals surface area contributed by atoms with Crippen molar-refractivity contribution in [1.82, 2.24) is 20.2 Å². The molecule has 2 heterocycles. The van der Waals surface area contributed by atoms with Gasteiger partial charge in [0, 0.05) is 11.4 Å². The Balaban J connectivity index is 1.93. The maximum absolute atomic E-state index is 12.0. The molecule has 0 aliphatic carbocycles.